The van der Waals surface area contributed by atoms with Gasteiger partial charge in [0.25, 0.3) is 0 Å². The lowest BCUT2D eigenvalue weighted by atomic mass is 10.1. The van der Waals surface area contributed by atoms with Gasteiger partial charge in [-0.05, 0) is 57.6 Å². The number of nitrogens with zero attached hydrogens (tertiary/aromatic N) is 2. The molecule has 0 aliphatic heterocycles. The summed E-state index contributed by atoms with van der Waals surface area (Å²) in [6.07, 6.45) is 2.84. The van der Waals surface area contributed by atoms with Crippen molar-refractivity contribution >= 4 is 10.9 Å². The molecule has 2 aromatic heterocycles. The van der Waals surface area contributed by atoms with Gasteiger partial charge in [0, 0.05) is 47.5 Å². The lowest BCUT2D eigenvalue weighted by Gasteiger charge is -2.24. The minimum absolute atomic E-state index is 0.442. The Morgan fingerprint density at radius 1 is 1.17 bits per heavy atom. The van der Waals surface area contributed by atoms with E-state index in [1.54, 1.807) is 0 Å². The van der Waals surface area contributed by atoms with Gasteiger partial charge in [0.05, 0.1) is 0 Å². The Morgan fingerprint density at radius 2 is 2.00 bits per heavy atom. The summed E-state index contributed by atoms with van der Waals surface area (Å²) in [6, 6.07) is 13.2. The second-order valence-corrected chi connectivity index (χ2v) is 6.57. The molecule has 2 heterocycles. The van der Waals surface area contributed by atoms with Crippen LogP contribution in [0.3, 0.4) is 0 Å². The molecule has 120 valence electrons. The SMILES string of the molecule is Cc1ccc2[nH]c(CN(C)[C@@H](C)Cc3ccccn3)c(C)c2c1. The predicted molar refractivity (Wildman–Crippen MR) is 96.6 cm³/mol. The highest BCUT2D eigenvalue weighted by molar-refractivity contribution is 5.85. The summed E-state index contributed by atoms with van der Waals surface area (Å²) in [4.78, 5) is 10.4. The first-order valence-corrected chi connectivity index (χ1v) is 8.22. The number of rotatable bonds is 5. The summed E-state index contributed by atoms with van der Waals surface area (Å²) in [7, 11) is 2.18. The highest BCUT2D eigenvalue weighted by atomic mass is 15.1. The third-order valence-electron chi connectivity index (χ3n) is 4.71. The number of likely N-dealkylation sites (N-methyl/N-ethyl adjacent to an activating group) is 1. The second kappa shape index (κ2) is 6.55. The molecule has 0 fully saturated rings. The van der Waals surface area contributed by atoms with E-state index >= 15 is 0 Å². The van der Waals surface area contributed by atoms with Crippen LogP contribution in [0.25, 0.3) is 10.9 Å². The van der Waals surface area contributed by atoms with Crippen LogP contribution in [0.1, 0.15) is 29.4 Å². The molecule has 0 unspecified atom stereocenters. The summed E-state index contributed by atoms with van der Waals surface area (Å²) in [5, 5.41) is 1.34. The number of fused-ring (bicyclic) bond motifs is 1. The number of aromatic nitrogens is 2. The van der Waals surface area contributed by atoms with Gasteiger partial charge in [-0.1, -0.05) is 17.7 Å². The molecular weight excluding hydrogens is 282 g/mol. The number of H-pyrrole nitrogens is 1. The molecular formula is C20H25N3. The number of benzene rings is 1. The molecule has 0 amide bonds. The number of hydrogen-bond donors (Lipinski definition) is 1. The van der Waals surface area contributed by atoms with Crippen LogP contribution in [0.5, 0.6) is 0 Å². The largest absolute Gasteiger partial charge is 0.357 e. The fraction of sp³-hybridized carbons (Fsp3) is 0.350. The van der Waals surface area contributed by atoms with Crippen molar-refractivity contribution < 1.29 is 0 Å². The number of hydrogen-bond acceptors (Lipinski definition) is 2. The standard InChI is InChI=1S/C20H25N3/c1-14-8-9-19-18(11-14)16(3)20(22-19)13-23(4)15(2)12-17-7-5-6-10-21-17/h5-11,15,22H,12-13H2,1-4H3/t15-/m0/s1. The van der Waals surface area contributed by atoms with E-state index in [1.807, 2.05) is 12.3 Å². The minimum atomic E-state index is 0.442. The van der Waals surface area contributed by atoms with Gasteiger partial charge < -0.3 is 4.98 Å². The van der Waals surface area contributed by atoms with Crippen molar-refractivity contribution in [2.75, 3.05) is 7.05 Å². The van der Waals surface area contributed by atoms with Gasteiger partial charge in [0.2, 0.25) is 0 Å². The molecule has 3 heteroatoms. The molecule has 0 saturated heterocycles. The van der Waals surface area contributed by atoms with Crippen LogP contribution in [0.4, 0.5) is 0 Å². The summed E-state index contributed by atoms with van der Waals surface area (Å²) in [5.41, 5.74) is 6.36. The minimum Gasteiger partial charge on any atom is -0.357 e. The van der Waals surface area contributed by atoms with Gasteiger partial charge in [0.1, 0.15) is 0 Å². The monoisotopic (exact) mass is 307 g/mol. The molecule has 3 aromatic rings. The van der Waals surface area contributed by atoms with Crippen LogP contribution in [0.15, 0.2) is 42.6 Å². The maximum Gasteiger partial charge on any atom is 0.0459 e. The molecule has 3 rings (SSSR count). The van der Waals surface area contributed by atoms with Crippen molar-refractivity contribution in [1.82, 2.24) is 14.9 Å². The predicted octanol–water partition coefficient (Wildman–Crippen LogP) is 4.24. The van der Waals surface area contributed by atoms with E-state index in [4.69, 9.17) is 0 Å². The van der Waals surface area contributed by atoms with E-state index in [0.29, 0.717) is 6.04 Å². The zero-order chi connectivity index (χ0) is 16.4. The van der Waals surface area contributed by atoms with Gasteiger partial charge in [-0.3, -0.25) is 9.88 Å². The first-order chi connectivity index (χ1) is 11.0. The number of aryl methyl sites for hydroxylation is 2. The summed E-state index contributed by atoms with van der Waals surface area (Å²) in [6.45, 7) is 7.54. The van der Waals surface area contributed by atoms with Gasteiger partial charge in [-0.15, -0.1) is 0 Å². The molecule has 0 saturated carbocycles. The molecule has 0 bridgehead atoms. The smallest absolute Gasteiger partial charge is 0.0459 e. The van der Waals surface area contributed by atoms with Crippen molar-refractivity contribution in [1.29, 1.82) is 0 Å². The van der Waals surface area contributed by atoms with Gasteiger partial charge in [-0.2, -0.15) is 0 Å². The average molecular weight is 307 g/mol. The Bertz CT molecular complexity index is 789. The van der Waals surface area contributed by atoms with Gasteiger partial charge in [0.15, 0.2) is 0 Å². The van der Waals surface area contributed by atoms with Crippen LogP contribution in [0, 0.1) is 13.8 Å². The fourth-order valence-electron chi connectivity index (χ4n) is 3.04. The van der Waals surface area contributed by atoms with Crippen LogP contribution >= 0.6 is 0 Å². The molecule has 3 nitrogen and oxygen atoms in total. The lowest BCUT2D eigenvalue weighted by molar-refractivity contribution is 0.244. The zero-order valence-corrected chi connectivity index (χ0v) is 14.4. The van der Waals surface area contributed by atoms with E-state index < -0.39 is 0 Å². The Hall–Kier alpha value is -2.13. The van der Waals surface area contributed by atoms with Crippen molar-refractivity contribution in [2.45, 2.75) is 39.8 Å². The summed E-state index contributed by atoms with van der Waals surface area (Å²) >= 11 is 0. The van der Waals surface area contributed by atoms with E-state index in [-0.39, 0.29) is 0 Å². The molecule has 0 radical (unpaired) electrons. The first-order valence-electron chi connectivity index (χ1n) is 8.22. The second-order valence-electron chi connectivity index (χ2n) is 6.57. The Kier molecular flexibility index (Phi) is 4.49. The van der Waals surface area contributed by atoms with Crippen LogP contribution < -0.4 is 0 Å². The topological polar surface area (TPSA) is 31.9 Å². The number of aromatic amines is 1. The van der Waals surface area contributed by atoms with Crippen molar-refractivity contribution in [3.63, 3.8) is 0 Å². The summed E-state index contributed by atoms with van der Waals surface area (Å²) in [5.74, 6) is 0. The molecule has 1 aromatic carbocycles. The van der Waals surface area contributed by atoms with E-state index in [2.05, 4.69) is 73.0 Å². The highest BCUT2D eigenvalue weighted by Gasteiger charge is 2.14. The first kappa shape index (κ1) is 15.8. The van der Waals surface area contributed by atoms with Gasteiger partial charge >= 0.3 is 0 Å². The van der Waals surface area contributed by atoms with E-state index in [0.717, 1.165) is 18.7 Å². The maximum absolute atomic E-state index is 4.44. The molecule has 1 atom stereocenters. The Morgan fingerprint density at radius 3 is 2.74 bits per heavy atom. The quantitative estimate of drug-likeness (QED) is 0.764. The molecule has 1 N–H and O–H groups in total. The maximum atomic E-state index is 4.44. The molecule has 23 heavy (non-hydrogen) atoms. The Balaban J connectivity index is 1.74. The molecule has 0 aliphatic rings. The van der Waals surface area contributed by atoms with Crippen LogP contribution in [-0.4, -0.2) is 28.0 Å². The van der Waals surface area contributed by atoms with Crippen molar-refractivity contribution in [3.05, 3.63) is 65.1 Å². The third kappa shape index (κ3) is 3.45. The zero-order valence-electron chi connectivity index (χ0n) is 14.4. The lowest BCUT2D eigenvalue weighted by Crippen LogP contribution is -2.31. The normalized spacial score (nSPS) is 12.9. The summed E-state index contributed by atoms with van der Waals surface area (Å²) < 4.78 is 0. The van der Waals surface area contributed by atoms with Crippen molar-refractivity contribution in [2.24, 2.45) is 0 Å². The molecule has 0 spiro atoms. The van der Waals surface area contributed by atoms with Gasteiger partial charge in [-0.25, -0.2) is 0 Å². The van der Waals surface area contributed by atoms with Crippen LogP contribution in [-0.2, 0) is 13.0 Å². The van der Waals surface area contributed by atoms with Crippen molar-refractivity contribution in [3.8, 4) is 0 Å². The van der Waals surface area contributed by atoms with E-state index in [9.17, 15) is 0 Å². The number of nitrogens with one attached hydrogen (secondary N) is 1. The average Bonchev–Trinajstić information content (AvgIpc) is 2.84. The third-order valence-corrected chi connectivity index (χ3v) is 4.71. The Labute approximate surface area is 138 Å². The van der Waals surface area contributed by atoms with Crippen LogP contribution in [0.2, 0.25) is 0 Å². The van der Waals surface area contributed by atoms with E-state index in [1.165, 1.54) is 27.7 Å². The fourth-order valence-corrected chi connectivity index (χ4v) is 3.04. The number of pyridine rings is 1. The highest BCUT2D eigenvalue weighted by Crippen LogP contribution is 2.24. The molecule has 0 aliphatic carbocycles.